The summed E-state index contributed by atoms with van der Waals surface area (Å²) in [6, 6.07) is 15.2. The molecule has 0 spiro atoms. The van der Waals surface area contributed by atoms with E-state index in [1.165, 1.54) is 0 Å². The number of carbonyl (C=O) groups is 1. The van der Waals surface area contributed by atoms with E-state index in [9.17, 15) is 4.79 Å². The summed E-state index contributed by atoms with van der Waals surface area (Å²) in [5.74, 6) is 1.22. The van der Waals surface area contributed by atoms with Gasteiger partial charge in [-0.2, -0.15) is 0 Å². The van der Waals surface area contributed by atoms with Crippen LogP contribution in [0, 0.1) is 0 Å². The number of aromatic nitrogens is 1. The van der Waals surface area contributed by atoms with Crippen molar-refractivity contribution in [2.45, 2.75) is 6.54 Å². The molecule has 0 saturated heterocycles. The fraction of sp³-hybridized carbons (Fsp3) is 0.158. The Labute approximate surface area is 139 Å². The van der Waals surface area contributed by atoms with Crippen LogP contribution in [0.15, 0.2) is 48.5 Å². The number of fused-ring (bicyclic) bond motifs is 2. The van der Waals surface area contributed by atoms with Gasteiger partial charge in [-0.15, -0.1) is 0 Å². The van der Waals surface area contributed by atoms with Crippen LogP contribution >= 0.6 is 0 Å². The first kappa shape index (κ1) is 14.5. The quantitative estimate of drug-likeness (QED) is 0.742. The molecule has 0 N–H and O–H groups in total. The Morgan fingerprint density at radius 3 is 2.62 bits per heavy atom. The van der Waals surface area contributed by atoms with Gasteiger partial charge in [0.2, 0.25) is 5.88 Å². The molecule has 0 bridgehead atoms. The molecule has 0 radical (unpaired) electrons. The number of ether oxygens (including phenoxy) is 2. The number of hydrogen-bond acceptors (Lipinski definition) is 4. The molecule has 3 aromatic rings. The molecule has 24 heavy (non-hydrogen) atoms. The Morgan fingerprint density at radius 1 is 1.00 bits per heavy atom. The fourth-order valence-electron chi connectivity index (χ4n) is 2.98. The first-order valence-electron chi connectivity index (χ1n) is 7.63. The van der Waals surface area contributed by atoms with E-state index in [2.05, 4.69) is 4.98 Å². The monoisotopic (exact) mass is 320 g/mol. The van der Waals surface area contributed by atoms with Crippen LogP contribution in [0.2, 0.25) is 0 Å². The molecule has 0 aliphatic carbocycles. The molecule has 0 unspecified atom stereocenters. The zero-order valence-corrected chi connectivity index (χ0v) is 13.4. The Bertz CT molecular complexity index is 952. The number of nitrogens with zero attached hydrogens (tertiary/aromatic N) is 2. The summed E-state index contributed by atoms with van der Waals surface area (Å²) < 4.78 is 10.4. The second-order valence-electron chi connectivity index (χ2n) is 5.64. The van der Waals surface area contributed by atoms with Gasteiger partial charge in [-0.05, 0) is 35.9 Å². The minimum Gasteiger partial charge on any atom is -0.497 e. The summed E-state index contributed by atoms with van der Waals surface area (Å²) >= 11 is 0. The topological polar surface area (TPSA) is 51.7 Å². The predicted molar refractivity (Wildman–Crippen MR) is 91.8 cm³/mol. The maximum atomic E-state index is 12.7. The molecule has 1 aliphatic rings. The molecular weight excluding hydrogens is 304 g/mol. The van der Waals surface area contributed by atoms with Gasteiger partial charge in [-0.25, -0.2) is 4.98 Å². The molecule has 1 aromatic heterocycles. The molecule has 120 valence electrons. The molecule has 1 aliphatic heterocycles. The second kappa shape index (κ2) is 5.53. The van der Waals surface area contributed by atoms with Crippen LogP contribution in [0.5, 0.6) is 11.6 Å². The predicted octanol–water partition coefficient (Wildman–Crippen LogP) is 3.41. The first-order valence-corrected chi connectivity index (χ1v) is 7.63. The molecule has 0 atom stereocenters. The minimum absolute atomic E-state index is 0.0221. The standard InChI is InChI=1S/C19H16N2O3/c1-23-15-7-4-13-11-21(19(22)16(13)10-15)14-6-3-12-5-8-18(24-2)20-17(12)9-14/h3-10H,11H2,1-2H3. The van der Waals surface area contributed by atoms with Gasteiger partial charge in [0.15, 0.2) is 0 Å². The fourth-order valence-corrected chi connectivity index (χ4v) is 2.98. The number of rotatable bonds is 3. The molecule has 0 saturated carbocycles. The van der Waals surface area contributed by atoms with Crippen molar-refractivity contribution in [3.8, 4) is 11.6 Å². The van der Waals surface area contributed by atoms with Gasteiger partial charge in [-0.3, -0.25) is 4.79 Å². The molecule has 5 heteroatoms. The van der Waals surface area contributed by atoms with E-state index >= 15 is 0 Å². The van der Waals surface area contributed by atoms with Crippen molar-refractivity contribution in [3.63, 3.8) is 0 Å². The van der Waals surface area contributed by atoms with E-state index in [0.717, 1.165) is 22.2 Å². The first-order chi connectivity index (χ1) is 11.7. The van der Waals surface area contributed by atoms with Crippen molar-refractivity contribution in [1.29, 1.82) is 0 Å². The number of anilines is 1. The Morgan fingerprint density at radius 2 is 1.83 bits per heavy atom. The third kappa shape index (κ3) is 2.25. The number of benzene rings is 2. The highest BCUT2D eigenvalue weighted by atomic mass is 16.5. The third-order valence-electron chi connectivity index (χ3n) is 4.29. The Kier molecular flexibility index (Phi) is 3.34. The summed E-state index contributed by atoms with van der Waals surface area (Å²) in [7, 11) is 3.19. The van der Waals surface area contributed by atoms with Gasteiger partial charge < -0.3 is 14.4 Å². The van der Waals surface area contributed by atoms with E-state index in [1.54, 1.807) is 25.2 Å². The number of pyridine rings is 1. The molecule has 0 fully saturated rings. The third-order valence-corrected chi connectivity index (χ3v) is 4.29. The van der Waals surface area contributed by atoms with Gasteiger partial charge in [-0.1, -0.05) is 12.1 Å². The van der Waals surface area contributed by atoms with Crippen LogP contribution in [0.1, 0.15) is 15.9 Å². The zero-order valence-electron chi connectivity index (χ0n) is 13.4. The van der Waals surface area contributed by atoms with Gasteiger partial charge in [0, 0.05) is 22.7 Å². The van der Waals surface area contributed by atoms with Crippen molar-refractivity contribution in [2.24, 2.45) is 0 Å². The van der Waals surface area contributed by atoms with Gasteiger partial charge >= 0.3 is 0 Å². The zero-order chi connectivity index (χ0) is 16.7. The maximum Gasteiger partial charge on any atom is 0.259 e. The Balaban J connectivity index is 1.74. The molecule has 1 amide bonds. The largest absolute Gasteiger partial charge is 0.497 e. The van der Waals surface area contributed by atoms with Crippen LogP contribution in [0.25, 0.3) is 10.9 Å². The average Bonchev–Trinajstić information content (AvgIpc) is 2.96. The van der Waals surface area contributed by atoms with E-state index < -0.39 is 0 Å². The highest BCUT2D eigenvalue weighted by Crippen LogP contribution is 2.32. The van der Waals surface area contributed by atoms with Crippen LogP contribution in [-0.4, -0.2) is 25.1 Å². The van der Waals surface area contributed by atoms with Crippen molar-refractivity contribution in [3.05, 3.63) is 59.7 Å². The molecule has 4 rings (SSSR count). The molecule has 5 nitrogen and oxygen atoms in total. The summed E-state index contributed by atoms with van der Waals surface area (Å²) in [6.07, 6.45) is 0. The molecular formula is C19H16N2O3. The number of methoxy groups -OCH3 is 2. The Hall–Kier alpha value is -3.08. The van der Waals surface area contributed by atoms with Crippen molar-refractivity contribution in [2.75, 3.05) is 19.1 Å². The summed E-state index contributed by atoms with van der Waals surface area (Å²) in [5, 5.41) is 1.00. The average molecular weight is 320 g/mol. The highest BCUT2D eigenvalue weighted by Gasteiger charge is 2.29. The van der Waals surface area contributed by atoms with Crippen LogP contribution < -0.4 is 14.4 Å². The smallest absolute Gasteiger partial charge is 0.259 e. The van der Waals surface area contributed by atoms with E-state index in [0.29, 0.717) is 23.7 Å². The molecule has 2 aromatic carbocycles. The van der Waals surface area contributed by atoms with Crippen LogP contribution in [0.4, 0.5) is 5.69 Å². The van der Waals surface area contributed by atoms with Crippen molar-refractivity contribution >= 4 is 22.5 Å². The van der Waals surface area contributed by atoms with Gasteiger partial charge in [0.1, 0.15) is 5.75 Å². The number of amides is 1. The minimum atomic E-state index is -0.0221. The van der Waals surface area contributed by atoms with Crippen LogP contribution in [0.3, 0.4) is 0 Å². The maximum absolute atomic E-state index is 12.7. The highest BCUT2D eigenvalue weighted by molar-refractivity contribution is 6.10. The molecule has 2 heterocycles. The van der Waals surface area contributed by atoms with Crippen molar-refractivity contribution < 1.29 is 14.3 Å². The van der Waals surface area contributed by atoms with Gasteiger partial charge in [0.25, 0.3) is 5.91 Å². The lowest BCUT2D eigenvalue weighted by atomic mass is 10.1. The SMILES string of the molecule is COc1ccc2c(c1)C(=O)N(c1ccc3ccc(OC)nc3c1)C2. The number of carbonyl (C=O) groups excluding carboxylic acids is 1. The van der Waals surface area contributed by atoms with Gasteiger partial charge in [0.05, 0.1) is 26.3 Å². The van der Waals surface area contributed by atoms with Crippen molar-refractivity contribution in [1.82, 2.24) is 4.98 Å². The normalized spacial score (nSPS) is 13.2. The lowest BCUT2D eigenvalue weighted by Crippen LogP contribution is -2.22. The summed E-state index contributed by atoms with van der Waals surface area (Å²) in [6.45, 7) is 0.549. The lowest BCUT2D eigenvalue weighted by Gasteiger charge is -2.16. The van der Waals surface area contributed by atoms with E-state index in [-0.39, 0.29) is 5.91 Å². The van der Waals surface area contributed by atoms with Crippen LogP contribution in [-0.2, 0) is 6.54 Å². The number of hydrogen-bond donors (Lipinski definition) is 0. The van der Waals surface area contributed by atoms with E-state index in [1.807, 2.05) is 42.5 Å². The van der Waals surface area contributed by atoms with E-state index in [4.69, 9.17) is 9.47 Å². The lowest BCUT2D eigenvalue weighted by molar-refractivity contribution is 0.0996. The second-order valence-corrected chi connectivity index (χ2v) is 5.64. The summed E-state index contributed by atoms with van der Waals surface area (Å²) in [4.78, 5) is 19.0. The summed E-state index contributed by atoms with van der Waals surface area (Å²) in [5.41, 5.74) is 3.31.